The first-order valence-corrected chi connectivity index (χ1v) is 5.79. The molecule has 2 aromatic rings. The third-order valence-electron chi connectivity index (χ3n) is 2.71. The molecule has 18 heavy (non-hydrogen) atoms. The first-order chi connectivity index (χ1) is 8.58. The van der Waals surface area contributed by atoms with Gasteiger partial charge in [-0.05, 0) is 29.8 Å². The van der Waals surface area contributed by atoms with Gasteiger partial charge in [0.15, 0.2) is 0 Å². The average Bonchev–Trinajstić information content (AvgIpc) is 2.35. The van der Waals surface area contributed by atoms with Gasteiger partial charge in [0, 0.05) is 12.2 Å². The molecule has 1 amide bonds. The summed E-state index contributed by atoms with van der Waals surface area (Å²) in [4.78, 5) is 12.0. The van der Waals surface area contributed by atoms with Crippen LogP contribution in [-0.2, 0) is 0 Å². The summed E-state index contributed by atoms with van der Waals surface area (Å²) >= 11 is 0. The predicted octanol–water partition coefficient (Wildman–Crippen LogP) is 2.73. The Morgan fingerprint density at radius 2 is 1.89 bits per heavy atom. The number of hydrogen-bond acceptors (Lipinski definition) is 2. The highest BCUT2D eigenvalue weighted by Crippen LogP contribution is 2.21. The van der Waals surface area contributed by atoms with Crippen molar-refractivity contribution in [2.75, 3.05) is 12.3 Å². The molecule has 2 rings (SSSR count). The van der Waals surface area contributed by atoms with E-state index in [2.05, 4.69) is 11.9 Å². The Kier molecular flexibility index (Phi) is 3.33. The van der Waals surface area contributed by atoms with Crippen molar-refractivity contribution in [1.29, 1.82) is 0 Å². The SMILES string of the molecule is C=C(C)CNC(=O)c1cc2ccccc2cc1N. The van der Waals surface area contributed by atoms with E-state index in [0.717, 1.165) is 16.3 Å². The van der Waals surface area contributed by atoms with E-state index in [-0.39, 0.29) is 5.91 Å². The van der Waals surface area contributed by atoms with E-state index < -0.39 is 0 Å². The number of anilines is 1. The molecule has 3 N–H and O–H groups in total. The van der Waals surface area contributed by atoms with Crippen molar-refractivity contribution in [1.82, 2.24) is 5.32 Å². The number of nitrogen functional groups attached to an aromatic ring is 1. The molecule has 3 nitrogen and oxygen atoms in total. The molecule has 0 aromatic heterocycles. The van der Waals surface area contributed by atoms with Gasteiger partial charge in [0.2, 0.25) is 0 Å². The summed E-state index contributed by atoms with van der Waals surface area (Å²) in [5.41, 5.74) is 7.82. The average molecular weight is 240 g/mol. The van der Waals surface area contributed by atoms with E-state index in [0.29, 0.717) is 17.8 Å². The number of fused-ring (bicyclic) bond motifs is 1. The second-order valence-electron chi connectivity index (χ2n) is 4.43. The molecule has 0 aliphatic carbocycles. The minimum absolute atomic E-state index is 0.166. The highest BCUT2D eigenvalue weighted by Gasteiger charge is 2.10. The van der Waals surface area contributed by atoms with Gasteiger partial charge in [-0.25, -0.2) is 0 Å². The van der Waals surface area contributed by atoms with E-state index in [1.54, 1.807) is 0 Å². The smallest absolute Gasteiger partial charge is 0.253 e. The fraction of sp³-hybridized carbons (Fsp3) is 0.133. The first-order valence-electron chi connectivity index (χ1n) is 5.79. The maximum Gasteiger partial charge on any atom is 0.253 e. The minimum atomic E-state index is -0.166. The van der Waals surface area contributed by atoms with Gasteiger partial charge in [0.1, 0.15) is 0 Å². The van der Waals surface area contributed by atoms with E-state index in [4.69, 9.17) is 5.73 Å². The third kappa shape index (κ3) is 2.51. The van der Waals surface area contributed by atoms with Gasteiger partial charge < -0.3 is 11.1 Å². The maximum absolute atomic E-state index is 12.0. The Hall–Kier alpha value is -2.29. The summed E-state index contributed by atoms with van der Waals surface area (Å²) in [5.74, 6) is -0.166. The Morgan fingerprint density at radius 1 is 1.28 bits per heavy atom. The summed E-state index contributed by atoms with van der Waals surface area (Å²) in [6, 6.07) is 11.5. The zero-order valence-electron chi connectivity index (χ0n) is 10.4. The molecule has 0 aliphatic heterocycles. The third-order valence-corrected chi connectivity index (χ3v) is 2.71. The summed E-state index contributed by atoms with van der Waals surface area (Å²) in [7, 11) is 0. The molecular formula is C15H16N2O. The van der Waals surface area contributed by atoms with Crippen molar-refractivity contribution < 1.29 is 4.79 Å². The summed E-state index contributed by atoms with van der Waals surface area (Å²) in [6.07, 6.45) is 0. The van der Waals surface area contributed by atoms with Crippen molar-refractivity contribution in [3.8, 4) is 0 Å². The quantitative estimate of drug-likeness (QED) is 0.640. The van der Waals surface area contributed by atoms with Crippen LogP contribution in [0.4, 0.5) is 5.69 Å². The number of carbonyl (C=O) groups is 1. The van der Waals surface area contributed by atoms with Crippen LogP contribution in [-0.4, -0.2) is 12.5 Å². The number of benzene rings is 2. The molecule has 0 fully saturated rings. The van der Waals surface area contributed by atoms with Crippen LogP contribution in [0.25, 0.3) is 10.8 Å². The van der Waals surface area contributed by atoms with Crippen molar-refractivity contribution in [2.24, 2.45) is 0 Å². The molecule has 0 unspecified atom stereocenters. The Morgan fingerprint density at radius 3 is 2.50 bits per heavy atom. The Balaban J connectivity index is 2.35. The lowest BCUT2D eigenvalue weighted by Gasteiger charge is -2.09. The second kappa shape index (κ2) is 4.92. The normalized spacial score (nSPS) is 10.3. The second-order valence-corrected chi connectivity index (χ2v) is 4.43. The van der Waals surface area contributed by atoms with Gasteiger partial charge in [-0.2, -0.15) is 0 Å². The van der Waals surface area contributed by atoms with Crippen LogP contribution in [0.5, 0.6) is 0 Å². The topological polar surface area (TPSA) is 55.1 Å². The monoisotopic (exact) mass is 240 g/mol. The molecule has 0 spiro atoms. The maximum atomic E-state index is 12.0. The van der Waals surface area contributed by atoms with Crippen LogP contribution >= 0.6 is 0 Å². The fourth-order valence-corrected chi connectivity index (χ4v) is 1.78. The fourth-order valence-electron chi connectivity index (χ4n) is 1.78. The number of nitrogens with two attached hydrogens (primary N) is 1. The first kappa shape index (κ1) is 12.2. The summed E-state index contributed by atoms with van der Waals surface area (Å²) < 4.78 is 0. The highest BCUT2D eigenvalue weighted by atomic mass is 16.1. The van der Waals surface area contributed by atoms with Gasteiger partial charge in [-0.3, -0.25) is 4.79 Å². The number of carbonyl (C=O) groups excluding carboxylic acids is 1. The zero-order chi connectivity index (χ0) is 13.1. The minimum Gasteiger partial charge on any atom is -0.398 e. The van der Waals surface area contributed by atoms with Crippen molar-refractivity contribution in [3.05, 3.63) is 54.1 Å². The van der Waals surface area contributed by atoms with E-state index in [1.807, 2.05) is 43.3 Å². The van der Waals surface area contributed by atoms with Crippen molar-refractivity contribution in [2.45, 2.75) is 6.92 Å². The molecule has 0 bridgehead atoms. The Labute approximate surface area is 106 Å². The molecular weight excluding hydrogens is 224 g/mol. The van der Waals surface area contributed by atoms with Crippen molar-refractivity contribution in [3.63, 3.8) is 0 Å². The van der Waals surface area contributed by atoms with Gasteiger partial charge >= 0.3 is 0 Å². The molecule has 0 atom stereocenters. The molecule has 0 aliphatic rings. The van der Waals surface area contributed by atoms with Crippen LogP contribution in [0.3, 0.4) is 0 Å². The number of hydrogen-bond donors (Lipinski definition) is 2. The van der Waals surface area contributed by atoms with Crippen LogP contribution in [0.2, 0.25) is 0 Å². The van der Waals surface area contributed by atoms with Crippen molar-refractivity contribution >= 4 is 22.4 Å². The van der Waals surface area contributed by atoms with Crippen LogP contribution in [0.15, 0.2) is 48.6 Å². The molecule has 3 heteroatoms. The molecule has 0 radical (unpaired) electrons. The molecule has 0 saturated heterocycles. The van der Waals surface area contributed by atoms with E-state index >= 15 is 0 Å². The predicted molar refractivity (Wildman–Crippen MR) is 75.5 cm³/mol. The van der Waals surface area contributed by atoms with Gasteiger partial charge in [0.25, 0.3) is 5.91 Å². The standard InChI is InChI=1S/C15H16N2O/c1-10(2)9-17-15(18)13-7-11-5-3-4-6-12(11)8-14(13)16/h3-8H,1,9,16H2,2H3,(H,17,18). The number of rotatable bonds is 3. The van der Waals surface area contributed by atoms with E-state index in [9.17, 15) is 4.79 Å². The molecule has 0 heterocycles. The largest absolute Gasteiger partial charge is 0.398 e. The summed E-state index contributed by atoms with van der Waals surface area (Å²) in [6.45, 7) is 6.08. The van der Waals surface area contributed by atoms with Crippen LogP contribution in [0.1, 0.15) is 17.3 Å². The zero-order valence-corrected chi connectivity index (χ0v) is 10.4. The van der Waals surface area contributed by atoms with Gasteiger partial charge in [0.05, 0.1) is 5.56 Å². The van der Waals surface area contributed by atoms with Gasteiger partial charge in [-0.15, -0.1) is 0 Å². The lowest BCUT2D eigenvalue weighted by atomic mass is 10.0. The lowest BCUT2D eigenvalue weighted by molar-refractivity contribution is 0.0958. The summed E-state index contributed by atoms with van der Waals surface area (Å²) in [5, 5.41) is 4.83. The lowest BCUT2D eigenvalue weighted by Crippen LogP contribution is -2.25. The molecule has 92 valence electrons. The van der Waals surface area contributed by atoms with Gasteiger partial charge in [-0.1, -0.05) is 36.4 Å². The Bertz CT molecular complexity index is 617. The number of amides is 1. The highest BCUT2D eigenvalue weighted by molar-refractivity contribution is 6.03. The van der Waals surface area contributed by atoms with Crippen LogP contribution in [0, 0.1) is 0 Å². The molecule has 0 saturated carbocycles. The number of nitrogens with one attached hydrogen (secondary N) is 1. The molecule has 2 aromatic carbocycles. The van der Waals surface area contributed by atoms with Crippen LogP contribution < -0.4 is 11.1 Å². The van der Waals surface area contributed by atoms with E-state index in [1.165, 1.54) is 0 Å².